The molecule has 0 bridgehead atoms. The van der Waals surface area contributed by atoms with Crippen molar-refractivity contribution in [2.45, 2.75) is 19.9 Å². The van der Waals surface area contributed by atoms with E-state index in [9.17, 15) is 4.79 Å². The number of benzene rings is 1. The third kappa shape index (κ3) is 3.05. The summed E-state index contributed by atoms with van der Waals surface area (Å²) in [5.41, 5.74) is 1.68. The van der Waals surface area contributed by atoms with Crippen LogP contribution >= 0.6 is 0 Å². The summed E-state index contributed by atoms with van der Waals surface area (Å²) in [5, 5.41) is 6.94. The Morgan fingerprint density at radius 3 is 2.89 bits per heavy atom. The lowest BCUT2D eigenvalue weighted by Crippen LogP contribution is -2.32. The first kappa shape index (κ1) is 12.5. The Morgan fingerprint density at radius 1 is 1.28 bits per heavy atom. The Kier molecular flexibility index (Phi) is 3.89. The number of hydrogen-bond donors (Lipinski definition) is 2. The van der Waals surface area contributed by atoms with E-state index in [1.165, 1.54) is 0 Å². The number of carbonyl (C=O) groups is 1. The van der Waals surface area contributed by atoms with Gasteiger partial charge in [0.25, 0.3) is 0 Å². The second kappa shape index (κ2) is 5.60. The van der Waals surface area contributed by atoms with Crippen LogP contribution in [0.25, 0.3) is 10.9 Å². The van der Waals surface area contributed by atoms with Crippen LogP contribution in [0.4, 0.5) is 5.69 Å². The van der Waals surface area contributed by atoms with Crippen LogP contribution in [0.1, 0.15) is 13.8 Å². The standard InChI is InChI=1S/C14H17N3O/c1-10(2)16-9-14(18)17-13-7-3-6-12-11(13)5-4-8-15-12/h3-8,10,16H,9H2,1-2H3,(H,17,18). The number of hydrogen-bond acceptors (Lipinski definition) is 3. The van der Waals surface area contributed by atoms with Gasteiger partial charge in [-0.05, 0) is 24.3 Å². The Balaban J connectivity index is 2.14. The number of rotatable bonds is 4. The lowest BCUT2D eigenvalue weighted by molar-refractivity contribution is -0.115. The number of anilines is 1. The molecule has 94 valence electrons. The van der Waals surface area contributed by atoms with Crippen molar-refractivity contribution < 1.29 is 4.79 Å². The van der Waals surface area contributed by atoms with E-state index in [-0.39, 0.29) is 5.91 Å². The minimum atomic E-state index is -0.0416. The van der Waals surface area contributed by atoms with E-state index in [1.807, 2.05) is 44.2 Å². The molecule has 1 heterocycles. The Bertz CT molecular complexity index is 546. The maximum absolute atomic E-state index is 11.8. The number of nitrogens with zero attached hydrogens (tertiary/aromatic N) is 1. The molecule has 2 aromatic rings. The van der Waals surface area contributed by atoms with Crippen LogP contribution in [0.2, 0.25) is 0 Å². The Labute approximate surface area is 106 Å². The van der Waals surface area contributed by atoms with Crippen molar-refractivity contribution >= 4 is 22.5 Å². The molecule has 0 aliphatic rings. The summed E-state index contributed by atoms with van der Waals surface area (Å²) < 4.78 is 0. The summed E-state index contributed by atoms with van der Waals surface area (Å²) >= 11 is 0. The number of aromatic nitrogens is 1. The van der Waals surface area contributed by atoms with E-state index in [0.717, 1.165) is 16.6 Å². The summed E-state index contributed by atoms with van der Waals surface area (Å²) in [5.74, 6) is -0.0416. The zero-order valence-corrected chi connectivity index (χ0v) is 10.6. The molecule has 0 aliphatic carbocycles. The second-order valence-corrected chi connectivity index (χ2v) is 4.46. The molecule has 0 atom stereocenters. The predicted octanol–water partition coefficient (Wildman–Crippen LogP) is 2.17. The molecular formula is C14H17N3O. The number of fused-ring (bicyclic) bond motifs is 1. The smallest absolute Gasteiger partial charge is 0.238 e. The van der Waals surface area contributed by atoms with Crippen LogP contribution in [0.5, 0.6) is 0 Å². The first-order valence-electron chi connectivity index (χ1n) is 6.04. The van der Waals surface area contributed by atoms with Gasteiger partial charge in [0, 0.05) is 17.6 Å². The molecule has 2 rings (SSSR count). The van der Waals surface area contributed by atoms with Gasteiger partial charge in [-0.3, -0.25) is 9.78 Å². The van der Waals surface area contributed by atoms with Gasteiger partial charge in [0.15, 0.2) is 0 Å². The quantitative estimate of drug-likeness (QED) is 0.865. The first-order valence-corrected chi connectivity index (χ1v) is 6.04. The van der Waals surface area contributed by atoms with Gasteiger partial charge in [-0.1, -0.05) is 19.9 Å². The van der Waals surface area contributed by atoms with Gasteiger partial charge in [-0.15, -0.1) is 0 Å². The number of nitrogens with one attached hydrogen (secondary N) is 2. The van der Waals surface area contributed by atoms with Crippen molar-refractivity contribution in [1.29, 1.82) is 0 Å². The highest BCUT2D eigenvalue weighted by atomic mass is 16.1. The highest BCUT2D eigenvalue weighted by Crippen LogP contribution is 2.20. The molecule has 0 unspecified atom stereocenters. The molecule has 0 aliphatic heterocycles. The van der Waals surface area contributed by atoms with Crippen LogP contribution in [-0.4, -0.2) is 23.5 Å². The molecule has 1 aromatic carbocycles. The molecule has 0 saturated heterocycles. The molecule has 18 heavy (non-hydrogen) atoms. The minimum absolute atomic E-state index is 0.0416. The zero-order chi connectivity index (χ0) is 13.0. The fraction of sp³-hybridized carbons (Fsp3) is 0.286. The van der Waals surface area contributed by atoms with Crippen LogP contribution in [-0.2, 0) is 4.79 Å². The van der Waals surface area contributed by atoms with Crippen LogP contribution < -0.4 is 10.6 Å². The van der Waals surface area contributed by atoms with Gasteiger partial charge in [-0.2, -0.15) is 0 Å². The summed E-state index contributed by atoms with van der Waals surface area (Å²) in [6, 6.07) is 9.82. The fourth-order valence-electron chi connectivity index (χ4n) is 1.70. The second-order valence-electron chi connectivity index (χ2n) is 4.46. The van der Waals surface area contributed by atoms with Crippen molar-refractivity contribution in [2.24, 2.45) is 0 Å². The Morgan fingerprint density at radius 2 is 2.11 bits per heavy atom. The molecule has 4 heteroatoms. The summed E-state index contributed by atoms with van der Waals surface area (Å²) in [6.45, 7) is 4.33. The van der Waals surface area contributed by atoms with Gasteiger partial charge in [0.2, 0.25) is 5.91 Å². The predicted molar refractivity (Wildman–Crippen MR) is 73.5 cm³/mol. The van der Waals surface area contributed by atoms with Gasteiger partial charge in [0.05, 0.1) is 17.7 Å². The molecule has 0 spiro atoms. The summed E-state index contributed by atoms with van der Waals surface area (Å²) in [4.78, 5) is 16.0. The van der Waals surface area contributed by atoms with Crippen LogP contribution in [0.3, 0.4) is 0 Å². The van der Waals surface area contributed by atoms with Crippen molar-refractivity contribution in [3.8, 4) is 0 Å². The lowest BCUT2D eigenvalue weighted by Gasteiger charge is -2.10. The topological polar surface area (TPSA) is 54.0 Å². The largest absolute Gasteiger partial charge is 0.324 e. The number of carbonyl (C=O) groups excluding carboxylic acids is 1. The van der Waals surface area contributed by atoms with E-state index in [4.69, 9.17) is 0 Å². The monoisotopic (exact) mass is 243 g/mol. The molecule has 0 saturated carbocycles. The van der Waals surface area contributed by atoms with Crippen molar-refractivity contribution in [3.63, 3.8) is 0 Å². The number of pyridine rings is 1. The van der Waals surface area contributed by atoms with Gasteiger partial charge in [0.1, 0.15) is 0 Å². The van der Waals surface area contributed by atoms with E-state index < -0.39 is 0 Å². The maximum Gasteiger partial charge on any atom is 0.238 e. The summed E-state index contributed by atoms with van der Waals surface area (Å²) in [7, 11) is 0. The average Bonchev–Trinajstić information content (AvgIpc) is 2.37. The number of amides is 1. The van der Waals surface area contributed by atoms with Crippen LogP contribution in [0, 0.1) is 0 Å². The van der Waals surface area contributed by atoms with E-state index in [2.05, 4.69) is 15.6 Å². The van der Waals surface area contributed by atoms with Crippen LogP contribution in [0.15, 0.2) is 36.5 Å². The Hall–Kier alpha value is -1.94. The van der Waals surface area contributed by atoms with Gasteiger partial charge < -0.3 is 10.6 Å². The van der Waals surface area contributed by atoms with Gasteiger partial charge >= 0.3 is 0 Å². The molecular weight excluding hydrogens is 226 g/mol. The first-order chi connectivity index (χ1) is 8.66. The average molecular weight is 243 g/mol. The normalized spacial score (nSPS) is 10.8. The third-order valence-electron chi connectivity index (χ3n) is 2.59. The third-order valence-corrected chi connectivity index (χ3v) is 2.59. The van der Waals surface area contributed by atoms with Crippen molar-refractivity contribution in [2.75, 3.05) is 11.9 Å². The van der Waals surface area contributed by atoms with E-state index >= 15 is 0 Å². The molecule has 1 amide bonds. The summed E-state index contributed by atoms with van der Waals surface area (Å²) in [6.07, 6.45) is 1.74. The SMILES string of the molecule is CC(C)NCC(=O)Nc1cccc2ncccc12. The highest BCUT2D eigenvalue weighted by molar-refractivity contribution is 6.01. The molecule has 0 fully saturated rings. The molecule has 1 aromatic heterocycles. The molecule has 0 radical (unpaired) electrons. The molecule has 2 N–H and O–H groups in total. The highest BCUT2D eigenvalue weighted by Gasteiger charge is 2.06. The van der Waals surface area contributed by atoms with Crippen molar-refractivity contribution in [1.82, 2.24) is 10.3 Å². The van der Waals surface area contributed by atoms with Crippen molar-refractivity contribution in [3.05, 3.63) is 36.5 Å². The fourth-order valence-corrected chi connectivity index (χ4v) is 1.70. The zero-order valence-electron chi connectivity index (χ0n) is 10.6. The van der Waals surface area contributed by atoms with E-state index in [0.29, 0.717) is 12.6 Å². The lowest BCUT2D eigenvalue weighted by atomic mass is 10.2. The van der Waals surface area contributed by atoms with Gasteiger partial charge in [-0.25, -0.2) is 0 Å². The molecule has 4 nitrogen and oxygen atoms in total. The minimum Gasteiger partial charge on any atom is -0.324 e. The maximum atomic E-state index is 11.8. The van der Waals surface area contributed by atoms with E-state index in [1.54, 1.807) is 6.20 Å².